The number of hydrogen-bond acceptors (Lipinski definition) is 7. The Morgan fingerprint density at radius 2 is 1.69 bits per heavy atom. The molecule has 1 aliphatic rings. The van der Waals surface area contributed by atoms with E-state index >= 15 is 0 Å². The number of nitrogens with zero attached hydrogens (tertiary/aromatic N) is 2. The molecule has 0 atom stereocenters. The Balaban J connectivity index is 1.69. The highest BCUT2D eigenvalue weighted by atomic mass is 19.4. The molecule has 4 rings (SSSR count). The van der Waals surface area contributed by atoms with E-state index in [2.05, 4.69) is 25.3 Å². The molecule has 10 heteroatoms. The summed E-state index contributed by atoms with van der Waals surface area (Å²) >= 11 is 0. The molecule has 3 aromatic rings. The second-order valence-corrected chi connectivity index (χ2v) is 8.21. The fraction of sp³-hybridized carbons (Fsp3) is 0.360. The summed E-state index contributed by atoms with van der Waals surface area (Å²) in [4.78, 5) is 9.21. The van der Waals surface area contributed by atoms with E-state index in [1.165, 1.54) is 24.6 Å². The van der Waals surface area contributed by atoms with Crippen molar-refractivity contribution in [2.24, 2.45) is 0 Å². The Labute approximate surface area is 201 Å². The predicted octanol–water partition coefficient (Wildman–Crippen LogP) is 6.55. The van der Waals surface area contributed by atoms with Gasteiger partial charge in [0.1, 0.15) is 23.1 Å². The van der Waals surface area contributed by atoms with Gasteiger partial charge in [-0.15, -0.1) is 13.2 Å². The van der Waals surface area contributed by atoms with Gasteiger partial charge in [0.05, 0.1) is 25.6 Å². The number of nitrogens with one attached hydrogen (secondary N) is 2. The van der Waals surface area contributed by atoms with Crippen LogP contribution in [-0.4, -0.2) is 36.6 Å². The van der Waals surface area contributed by atoms with E-state index in [1.807, 2.05) is 0 Å². The van der Waals surface area contributed by atoms with Crippen molar-refractivity contribution in [3.8, 4) is 28.5 Å². The second kappa shape index (κ2) is 10.7. The van der Waals surface area contributed by atoms with Gasteiger partial charge in [0, 0.05) is 23.7 Å². The normalized spacial score (nSPS) is 14.3. The minimum absolute atomic E-state index is 0.238. The van der Waals surface area contributed by atoms with Crippen LogP contribution >= 0.6 is 0 Å². The van der Waals surface area contributed by atoms with Crippen LogP contribution in [0.15, 0.2) is 48.5 Å². The molecule has 0 saturated heterocycles. The van der Waals surface area contributed by atoms with Crippen molar-refractivity contribution in [3.63, 3.8) is 0 Å². The largest absolute Gasteiger partial charge is 0.573 e. The molecule has 1 saturated carbocycles. The van der Waals surface area contributed by atoms with Gasteiger partial charge in [-0.3, -0.25) is 0 Å². The van der Waals surface area contributed by atoms with Crippen LogP contribution in [-0.2, 0) is 0 Å². The molecule has 1 fully saturated rings. The molecule has 0 spiro atoms. The molecule has 2 aromatic carbocycles. The van der Waals surface area contributed by atoms with Crippen molar-refractivity contribution in [2.75, 3.05) is 24.9 Å². The number of anilines is 3. The van der Waals surface area contributed by atoms with Crippen molar-refractivity contribution >= 4 is 17.5 Å². The first-order chi connectivity index (χ1) is 16.8. The van der Waals surface area contributed by atoms with Crippen LogP contribution < -0.4 is 24.8 Å². The molecule has 1 heterocycles. The lowest BCUT2D eigenvalue weighted by atomic mass is 9.96. The van der Waals surface area contributed by atoms with E-state index in [4.69, 9.17) is 9.47 Å². The van der Waals surface area contributed by atoms with Gasteiger partial charge < -0.3 is 24.8 Å². The number of rotatable bonds is 8. The Morgan fingerprint density at radius 1 is 0.886 bits per heavy atom. The summed E-state index contributed by atoms with van der Waals surface area (Å²) in [6, 6.07) is 12.9. The van der Waals surface area contributed by atoms with Crippen molar-refractivity contribution < 1.29 is 27.4 Å². The summed E-state index contributed by atoms with van der Waals surface area (Å²) in [5, 5.41) is 6.62. The SMILES string of the molecule is COc1ccc(Nc2cc(-c3cccc(OC(F)(F)F)c3)nc(NC3CCCCC3)n2)c(OC)c1. The zero-order valence-corrected chi connectivity index (χ0v) is 19.5. The summed E-state index contributed by atoms with van der Waals surface area (Å²) in [6.45, 7) is 0. The van der Waals surface area contributed by atoms with Gasteiger partial charge in [0.25, 0.3) is 0 Å². The Bertz CT molecular complexity index is 1150. The highest BCUT2D eigenvalue weighted by molar-refractivity contribution is 5.71. The maximum absolute atomic E-state index is 12.7. The standard InChI is InChI=1S/C25H27F3N4O3/c1-33-18-11-12-20(22(14-18)34-2)30-23-15-21(16-7-6-10-19(13-16)35-25(26,27)28)31-24(32-23)29-17-8-4-3-5-9-17/h6-7,10-15,17H,3-5,8-9H2,1-2H3,(H2,29,30,31,32). The highest BCUT2D eigenvalue weighted by Gasteiger charge is 2.31. The lowest BCUT2D eigenvalue weighted by molar-refractivity contribution is -0.274. The monoisotopic (exact) mass is 488 g/mol. The highest BCUT2D eigenvalue weighted by Crippen LogP contribution is 2.33. The summed E-state index contributed by atoms with van der Waals surface area (Å²) < 4.78 is 53.0. The molecule has 7 nitrogen and oxygen atoms in total. The third-order valence-electron chi connectivity index (χ3n) is 5.70. The van der Waals surface area contributed by atoms with Crippen molar-refractivity contribution in [3.05, 3.63) is 48.5 Å². The minimum atomic E-state index is -4.78. The van der Waals surface area contributed by atoms with E-state index in [0.29, 0.717) is 40.2 Å². The molecule has 0 unspecified atom stereocenters. The third kappa shape index (κ3) is 6.68. The van der Waals surface area contributed by atoms with Gasteiger partial charge in [-0.05, 0) is 37.1 Å². The van der Waals surface area contributed by atoms with Crippen LogP contribution in [0, 0.1) is 0 Å². The average Bonchev–Trinajstić information content (AvgIpc) is 2.84. The number of alkyl halides is 3. The van der Waals surface area contributed by atoms with Crippen LogP contribution in [0.4, 0.5) is 30.6 Å². The summed E-state index contributed by atoms with van der Waals surface area (Å²) in [5.41, 5.74) is 1.56. The summed E-state index contributed by atoms with van der Waals surface area (Å²) in [5.74, 6) is 1.72. The number of methoxy groups -OCH3 is 2. The lowest BCUT2D eigenvalue weighted by Crippen LogP contribution is -2.23. The fourth-order valence-electron chi connectivity index (χ4n) is 4.05. The quantitative estimate of drug-likeness (QED) is 0.372. The van der Waals surface area contributed by atoms with E-state index in [0.717, 1.165) is 25.7 Å². The van der Waals surface area contributed by atoms with Gasteiger partial charge in [0.2, 0.25) is 5.95 Å². The number of halogens is 3. The molecule has 35 heavy (non-hydrogen) atoms. The molecular weight excluding hydrogens is 461 g/mol. The van der Waals surface area contributed by atoms with Crippen molar-refractivity contribution in [1.29, 1.82) is 0 Å². The zero-order chi connectivity index (χ0) is 24.8. The molecule has 186 valence electrons. The smallest absolute Gasteiger partial charge is 0.497 e. The van der Waals surface area contributed by atoms with Crippen LogP contribution in [0.2, 0.25) is 0 Å². The summed E-state index contributed by atoms with van der Waals surface area (Å²) in [7, 11) is 3.12. The third-order valence-corrected chi connectivity index (χ3v) is 5.70. The fourth-order valence-corrected chi connectivity index (χ4v) is 4.05. The molecule has 0 radical (unpaired) electrons. The maximum Gasteiger partial charge on any atom is 0.573 e. The predicted molar refractivity (Wildman–Crippen MR) is 127 cm³/mol. The van der Waals surface area contributed by atoms with Crippen LogP contribution in [0.25, 0.3) is 11.3 Å². The molecule has 0 amide bonds. The minimum Gasteiger partial charge on any atom is -0.497 e. The van der Waals surface area contributed by atoms with Crippen molar-refractivity contribution in [1.82, 2.24) is 9.97 Å². The van der Waals surface area contributed by atoms with Crippen LogP contribution in [0.1, 0.15) is 32.1 Å². The van der Waals surface area contributed by atoms with E-state index < -0.39 is 6.36 Å². The molecule has 0 aliphatic heterocycles. The van der Waals surface area contributed by atoms with E-state index in [9.17, 15) is 13.2 Å². The Kier molecular flexibility index (Phi) is 7.48. The second-order valence-electron chi connectivity index (χ2n) is 8.21. The van der Waals surface area contributed by atoms with E-state index in [1.54, 1.807) is 44.6 Å². The van der Waals surface area contributed by atoms with Gasteiger partial charge in [-0.2, -0.15) is 4.98 Å². The van der Waals surface area contributed by atoms with Crippen LogP contribution in [0.3, 0.4) is 0 Å². The first kappa shape index (κ1) is 24.4. The average molecular weight is 489 g/mol. The molecule has 1 aromatic heterocycles. The van der Waals surface area contributed by atoms with Crippen molar-refractivity contribution in [2.45, 2.75) is 44.5 Å². The topological polar surface area (TPSA) is 77.5 Å². The number of ether oxygens (including phenoxy) is 3. The Morgan fingerprint density at radius 3 is 2.40 bits per heavy atom. The first-order valence-corrected chi connectivity index (χ1v) is 11.3. The molecular formula is C25H27F3N4O3. The zero-order valence-electron chi connectivity index (χ0n) is 19.5. The van der Waals surface area contributed by atoms with Gasteiger partial charge in [-0.1, -0.05) is 31.4 Å². The maximum atomic E-state index is 12.7. The Hall–Kier alpha value is -3.69. The number of hydrogen-bond donors (Lipinski definition) is 2. The first-order valence-electron chi connectivity index (χ1n) is 11.3. The number of aromatic nitrogens is 2. The lowest BCUT2D eigenvalue weighted by Gasteiger charge is -2.23. The van der Waals surface area contributed by atoms with Gasteiger partial charge >= 0.3 is 6.36 Å². The van der Waals surface area contributed by atoms with Gasteiger partial charge in [0.15, 0.2) is 0 Å². The van der Waals surface area contributed by atoms with Crippen LogP contribution in [0.5, 0.6) is 17.2 Å². The van der Waals surface area contributed by atoms with Gasteiger partial charge in [-0.25, -0.2) is 4.98 Å². The molecule has 2 N–H and O–H groups in total. The molecule has 0 bridgehead atoms. The molecule has 1 aliphatic carbocycles. The van der Waals surface area contributed by atoms with E-state index in [-0.39, 0.29) is 11.8 Å². The number of benzene rings is 2. The summed E-state index contributed by atoms with van der Waals surface area (Å²) in [6.07, 6.45) is 0.699.